The van der Waals surface area contributed by atoms with Crippen molar-refractivity contribution in [2.45, 2.75) is 32.7 Å². The van der Waals surface area contributed by atoms with E-state index in [2.05, 4.69) is 31.1 Å². The standard InChI is InChI=1S/C17H27N3O/c1-14(2)20(3)12-5-4-11-19-17(21)10-9-15-7-6-8-16(18)13-15/h6-10,13-14H,4-5,11-12,18H2,1-3H3,(H,19,21)/b10-9+. The molecule has 0 saturated heterocycles. The van der Waals surface area contributed by atoms with Gasteiger partial charge >= 0.3 is 0 Å². The number of rotatable bonds is 8. The minimum atomic E-state index is -0.0605. The number of nitrogen functional groups attached to an aromatic ring is 1. The number of hydrogen-bond donors (Lipinski definition) is 2. The molecule has 0 bridgehead atoms. The van der Waals surface area contributed by atoms with Crippen molar-refractivity contribution in [1.82, 2.24) is 10.2 Å². The van der Waals surface area contributed by atoms with Crippen molar-refractivity contribution in [2.24, 2.45) is 0 Å². The SMILES string of the molecule is CC(C)N(C)CCCCNC(=O)/C=C/c1cccc(N)c1. The van der Waals surface area contributed by atoms with Crippen LogP contribution in [0.1, 0.15) is 32.3 Å². The molecule has 1 aromatic carbocycles. The van der Waals surface area contributed by atoms with Gasteiger partial charge in [-0.05, 0) is 64.1 Å². The second-order valence-corrected chi connectivity index (χ2v) is 5.58. The van der Waals surface area contributed by atoms with Crippen molar-refractivity contribution in [1.29, 1.82) is 0 Å². The molecule has 4 nitrogen and oxygen atoms in total. The molecule has 0 radical (unpaired) electrons. The molecule has 0 heterocycles. The number of carbonyl (C=O) groups excluding carboxylic acids is 1. The van der Waals surface area contributed by atoms with E-state index < -0.39 is 0 Å². The van der Waals surface area contributed by atoms with E-state index >= 15 is 0 Å². The van der Waals surface area contributed by atoms with Crippen molar-refractivity contribution in [3.8, 4) is 0 Å². The Morgan fingerprint density at radius 3 is 2.81 bits per heavy atom. The first-order valence-electron chi connectivity index (χ1n) is 7.50. The lowest BCUT2D eigenvalue weighted by atomic mass is 10.2. The van der Waals surface area contributed by atoms with E-state index in [1.807, 2.05) is 24.3 Å². The number of anilines is 1. The first-order valence-corrected chi connectivity index (χ1v) is 7.50. The molecular weight excluding hydrogens is 262 g/mol. The molecule has 0 fully saturated rings. The van der Waals surface area contributed by atoms with E-state index in [0.29, 0.717) is 18.3 Å². The Balaban J connectivity index is 2.20. The van der Waals surface area contributed by atoms with Crippen LogP contribution in [0, 0.1) is 0 Å². The van der Waals surface area contributed by atoms with Gasteiger partial charge in [0.2, 0.25) is 5.91 Å². The van der Waals surface area contributed by atoms with Gasteiger partial charge in [-0.25, -0.2) is 0 Å². The minimum absolute atomic E-state index is 0.0605. The first kappa shape index (κ1) is 17.2. The Kier molecular flexibility index (Phi) is 7.54. The Morgan fingerprint density at radius 1 is 1.38 bits per heavy atom. The van der Waals surface area contributed by atoms with Crippen molar-refractivity contribution in [3.63, 3.8) is 0 Å². The zero-order valence-electron chi connectivity index (χ0n) is 13.3. The van der Waals surface area contributed by atoms with Gasteiger partial charge in [-0.15, -0.1) is 0 Å². The molecule has 0 spiro atoms. The van der Waals surface area contributed by atoms with Gasteiger partial charge in [-0.3, -0.25) is 4.79 Å². The molecule has 0 atom stereocenters. The molecule has 1 aromatic rings. The summed E-state index contributed by atoms with van der Waals surface area (Å²) in [6.45, 7) is 6.14. The predicted octanol–water partition coefficient (Wildman–Crippen LogP) is 2.52. The van der Waals surface area contributed by atoms with Crippen LogP contribution in [0.5, 0.6) is 0 Å². The lowest BCUT2D eigenvalue weighted by molar-refractivity contribution is -0.116. The van der Waals surface area contributed by atoms with Gasteiger partial charge in [0.05, 0.1) is 0 Å². The fourth-order valence-corrected chi connectivity index (χ4v) is 1.85. The second kappa shape index (κ2) is 9.19. The van der Waals surface area contributed by atoms with Gasteiger partial charge < -0.3 is 16.0 Å². The summed E-state index contributed by atoms with van der Waals surface area (Å²) in [5.74, 6) is -0.0605. The second-order valence-electron chi connectivity index (χ2n) is 5.58. The monoisotopic (exact) mass is 289 g/mol. The highest BCUT2D eigenvalue weighted by Gasteiger charge is 2.02. The van der Waals surface area contributed by atoms with Gasteiger partial charge in [0.15, 0.2) is 0 Å². The highest BCUT2D eigenvalue weighted by atomic mass is 16.1. The van der Waals surface area contributed by atoms with Crippen molar-refractivity contribution >= 4 is 17.7 Å². The summed E-state index contributed by atoms with van der Waals surface area (Å²) in [5, 5.41) is 2.89. The molecule has 0 unspecified atom stereocenters. The zero-order valence-corrected chi connectivity index (χ0v) is 13.3. The smallest absolute Gasteiger partial charge is 0.243 e. The Morgan fingerprint density at radius 2 is 2.14 bits per heavy atom. The summed E-state index contributed by atoms with van der Waals surface area (Å²) in [6.07, 6.45) is 5.41. The van der Waals surface area contributed by atoms with Crippen LogP contribution in [0.2, 0.25) is 0 Å². The molecule has 1 rings (SSSR count). The van der Waals surface area contributed by atoms with Crippen LogP contribution in [-0.4, -0.2) is 37.0 Å². The topological polar surface area (TPSA) is 58.4 Å². The number of carbonyl (C=O) groups is 1. The molecule has 0 aliphatic rings. The third-order valence-electron chi connectivity index (χ3n) is 3.46. The third kappa shape index (κ3) is 7.51. The Labute approximate surface area is 128 Å². The maximum atomic E-state index is 11.7. The predicted molar refractivity (Wildman–Crippen MR) is 89.9 cm³/mol. The fourth-order valence-electron chi connectivity index (χ4n) is 1.85. The fraction of sp³-hybridized carbons (Fsp3) is 0.471. The molecular formula is C17H27N3O. The number of nitrogens with two attached hydrogens (primary N) is 1. The third-order valence-corrected chi connectivity index (χ3v) is 3.46. The Bertz CT molecular complexity index is 469. The zero-order chi connectivity index (χ0) is 15.7. The molecule has 21 heavy (non-hydrogen) atoms. The molecule has 3 N–H and O–H groups in total. The molecule has 4 heteroatoms. The normalized spacial score (nSPS) is 11.5. The van der Waals surface area contributed by atoms with Crippen LogP contribution in [0.25, 0.3) is 6.08 Å². The van der Waals surface area contributed by atoms with Crippen molar-refractivity contribution < 1.29 is 4.79 Å². The molecule has 0 saturated carbocycles. The number of benzene rings is 1. The summed E-state index contributed by atoms with van der Waals surface area (Å²) in [6, 6.07) is 8.03. The van der Waals surface area contributed by atoms with Gasteiger partial charge in [0, 0.05) is 24.4 Å². The lowest BCUT2D eigenvalue weighted by Crippen LogP contribution is -2.28. The van der Waals surface area contributed by atoms with E-state index in [0.717, 1.165) is 24.9 Å². The van der Waals surface area contributed by atoms with Crippen LogP contribution < -0.4 is 11.1 Å². The van der Waals surface area contributed by atoms with Gasteiger partial charge in [0.25, 0.3) is 0 Å². The van der Waals surface area contributed by atoms with E-state index in [1.54, 1.807) is 12.2 Å². The average molecular weight is 289 g/mol. The summed E-state index contributed by atoms with van der Waals surface area (Å²) in [4.78, 5) is 14.0. The van der Waals surface area contributed by atoms with Crippen LogP contribution >= 0.6 is 0 Å². The van der Waals surface area contributed by atoms with E-state index in [4.69, 9.17) is 5.73 Å². The van der Waals surface area contributed by atoms with Crippen LogP contribution in [0.15, 0.2) is 30.3 Å². The van der Waals surface area contributed by atoms with Crippen LogP contribution in [0.3, 0.4) is 0 Å². The van der Waals surface area contributed by atoms with E-state index in [1.165, 1.54) is 0 Å². The number of unbranched alkanes of at least 4 members (excludes halogenated alkanes) is 1. The lowest BCUT2D eigenvalue weighted by Gasteiger charge is -2.20. The maximum absolute atomic E-state index is 11.7. The molecule has 1 amide bonds. The summed E-state index contributed by atoms with van der Waals surface area (Å²) < 4.78 is 0. The van der Waals surface area contributed by atoms with Crippen molar-refractivity contribution in [2.75, 3.05) is 25.9 Å². The van der Waals surface area contributed by atoms with Gasteiger partial charge in [-0.1, -0.05) is 12.1 Å². The average Bonchev–Trinajstić information content (AvgIpc) is 2.44. The van der Waals surface area contributed by atoms with Crippen LogP contribution in [0.4, 0.5) is 5.69 Å². The largest absolute Gasteiger partial charge is 0.399 e. The summed E-state index contributed by atoms with van der Waals surface area (Å²) in [7, 11) is 2.12. The molecule has 0 aliphatic heterocycles. The van der Waals surface area contributed by atoms with Gasteiger partial charge in [0.1, 0.15) is 0 Å². The quantitative estimate of drug-likeness (QED) is 0.439. The van der Waals surface area contributed by atoms with E-state index in [9.17, 15) is 4.79 Å². The highest BCUT2D eigenvalue weighted by Crippen LogP contribution is 2.07. The van der Waals surface area contributed by atoms with Crippen molar-refractivity contribution in [3.05, 3.63) is 35.9 Å². The molecule has 0 aromatic heterocycles. The van der Waals surface area contributed by atoms with E-state index in [-0.39, 0.29) is 5.91 Å². The number of amides is 1. The highest BCUT2D eigenvalue weighted by molar-refractivity contribution is 5.91. The summed E-state index contributed by atoms with van der Waals surface area (Å²) >= 11 is 0. The first-order chi connectivity index (χ1) is 9.99. The maximum Gasteiger partial charge on any atom is 0.243 e. The number of nitrogens with zero attached hydrogens (tertiary/aromatic N) is 1. The summed E-state index contributed by atoms with van der Waals surface area (Å²) in [5.41, 5.74) is 7.32. The molecule has 0 aliphatic carbocycles. The van der Waals surface area contributed by atoms with Crippen LogP contribution in [-0.2, 0) is 4.79 Å². The number of hydrogen-bond acceptors (Lipinski definition) is 3. The molecule has 116 valence electrons. The Hall–Kier alpha value is -1.81. The minimum Gasteiger partial charge on any atom is -0.399 e. The number of nitrogens with one attached hydrogen (secondary N) is 1. The van der Waals surface area contributed by atoms with Gasteiger partial charge in [-0.2, -0.15) is 0 Å².